The van der Waals surface area contributed by atoms with E-state index in [4.69, 9.17) is 4.74 Å². The molecular weight excluding hydrogens is 253 g/mol. The first-order valence-electron chi connectivity index (χ1n) is 5.84. The van der Waals surface area contributed by atoms with Crippen LogP contribution >= 0.6 is 0 Å². The highest BCUT2D eigenvalue weighted by Crippen LogP contribution is 2.15. The Morgan fingerprint density at radius 3 is 2.68 bits per heavy atom. The lowest BCUT2D eigenvalue weighted by Crippen LogP contribution is -2.27. The van der Waals surface area contributed by atoms with Gasteiger partial charge in [0.2, 0.25) is 5.91 Å². The second-order valence-electron chi connectivity index (χ2n) is 3.70. The zero-order chi connectivity index (χ0) is 14.1. The predicted octanol–water partition coefficient (Wildman–Crippen LogP) is 1.27. The molecule has 0 atom stereocenters. The van der Waals surface area contributed by atoms with Crippen molar-refractivity contribution >= 4 is 11.9 Å². The van der Waals surface area contributed by atoms with Crippen molar-refractivity contribution in [2.24, 2.45) is 0 Å². The van der Waals surface area contributed by atoms with Gasteiger partial charge in [-0.2, -0.15) is 0 Å². The van der Waals surface area contributed by atoms with Crippen LogP contribution in [0.5, 0.6) is 5.75 Å². The van der Waals surface area contributed by atoms with Crippen molar-refractivity contribution in [2.45, 2.75) is 12.8 Å². The second kappa shape index (κ2) is 8.07. The van der Waals surface area contributed by atoms with Crippen LogP contribution in [0.15, 0.2) is 24.3 Å². The van der Waals surface area contributed by atoms with E-state index in [0.29, 0.717) is 0 Å². The minimum absolute atomic E-state index is 0.0744. The van der Waals surface area contributed by atoms with Crippen LogP contribution in [0.1, 0.15) is 12.8 Å². The molecule has 0 radical (unpaired) electrons. The minimum Gasteiger partial charge on any atom is -0.490 e. The van der Waals surface area contributed by atoms with E-state index in [2.05, 4.69) is 10.1 Å². The molecular formula is C13H16FNO4. The largest absolute Gasteiger partial charge is 0.490 e. The van der Waals surface area contributed by atoms with Crippen molar-refractivity contribution in [1.82, 2.24) is 5.32 Å². The number of halogens is 1. The number of ether oxygens (including phenoxy) is 2. The molecule has 0 fully saturated rings. The fraction of sp³-hybridized carbons (Fsp3) is 0.385. The Hall–Kier alpha value is -2.11. The Morgan fingerprint density at radius 1 is 1.26 bits per heavy atom. The van der Waals surface area contributed by atoms with E-state index in [1.807, 2.05) is 0 Å². The Bertz CT molecular complexity index is 436. The maximum Gasteiger partial charge on any atom is 0.307 e. The Kier molecular flexibility index (Phi) is 6.35. The molecule has 5 nitrogen and oxygen atoms in total. The van der Waals surface area contributed by atoms with E-state index in [9.17, 15) is 14.0 Å². The lowest BCUT2D eigenvalue weighted by Gasteiger charge is -2.07. The number of carbonyl (C=O) groups is 2. The summed E-state index contributed by atoms with van der Waals surface area (Å²) < 4.78 is 22.7. The monoisotopic (exact) mass is 269 g/mol. The number of nitrogens with one attached hydrogen (secondary N) is 1. The van der Waals surface area contributed by atoms with Crippen LogP contribution in [-0.2, 0) is 14.3 Å². The third-order valence-electron chi connectivity index (χ3n) is 2.30. The van der Waals surface area contributed by atoms with Crippen molar-refractivity contribution in [2.75, 3.05) is 20.3 Å². The zero-order valence-corrected chi connectivity index (χ0v) is 10.6. The second-order valence-corrected chi connectivity index (χ2v) is 3.70. The molecule has 0 heterocycles. The molecule has 0 unspecified atom stereocenters. The summed E-state index contributed by atoms with van der Waals surface area (Å²) in [5.41, 5.74) is 0. The van der Waals surface area contributed by atoms with Gasteiger partial charge in [-0.25, -0.2) is 4.39 Å². The average Bonchev–Trinajstić information content (AvgIpc) is 2.40. The van der Waals surface area contributed by atoms with E-state index in [1.165, 1.54) is 19.2 Å². The van der Waals surface area contributed by atoms with Gasteiger partial charge in [-0.15, -0.1) is 0 Å². The average molecular weight is 269 g/mol. The van der Waals surface area contributed by atoms with Crippen LogP contribution in [0.25, 0.3) is 0 Å². The first-order valence-corrected chi connectivity index (χ1v) is 5.84. The molecule has 0 spiro atoms. The number of methoxy groups -OCH3 is 1. The molecule has 1 rings (SSSR count). The van der Waals surface area contributed by atoms with Gasteiger partial charge in [0.15, 0.2) is 11.6 Å². The normalized spacial score (nSPS) is 9.79. The molecule has 0 bridgehead atoms. The minimum atomic E-state index is -0.464. The first-order chi connectivity index (χ1) is 9.13. The summed E-state index contributed by atoms with van der Waals surface area (Å²) in [6.45, 7) is 0.288. The van der Waals surface area contributed by atoms with Crippen LogP contribution in [0.2, 0.25) is 0 Å². The van der Waals surface area contributed by atoms with Crippen molar-refractivity contribution in [3.63, 3.8) is 0 Å². The summed E-state index contributed by atoms with van der Waals surface area (Å²) in [6.07, 6.45) is 0.214. The number of amides is 1. The molecule has 1 aromatic carbocycles. The standard InChI is InChI=1S/C13H16FNO4/c1-18-13(17)6-8-15-12(16)7-9-19-11-5-3-2-4-10(11)14/h2-5H,6-9H2,1H3,(H,15,16). The molecule has 1 N–H and O–H groups in total. The molecule has 1 amide bonds. The number of benzene rings is 1. The smallest absolute Gasteiger partial charge is 0.307 e. The lowest BCUT2D eigenvalue weighted by atomic mass is 10.3. The summed E-state index contributed by atoms with van der Waals surface area (Å²) >= 11 is 0. The van der Waals surface area contributed by atoms with Gasteiger partial charge >= 0.3 is 5.97 Å². The fourth-order valence-corrected chi connectivity index (χ4v) is 1.31. The van der Waals surface area contributed by atoms with Gasteiger partial charge in [0, 0.05) is 6.54 Å². The van der Waals surface area contributed by atoms with E-state index in [1.54, 1.807) is 12.1 Å². The Morgan fingerprint density at radius 2 is 2.00 bits per heavy atom. The number of hydrogen-bond donors (Lipinski definition) is 1. The summed E-state index contributed by atoms with van der Waals surface area (Å²) in [4.78, 5) is 22.1. The van der Waals surface area contributed by atoms with Gasteiger partial charge in [-0.05, 0) is 12.1 Å². The van der Waals surface area contributed by atoms with E-state index in [-0.39, 0.29) is 43.6 Å². The zero-order valence-electron chi connectivity index (χ0n) is 10.6. The van der Waals surface area contributed by atoms with Gasteiger partial charge in [-0.3, -0.25) is 9.59 Å². The molecule has 0 aromatic heterocycles. The molecule has 1 aromatic rings. The maximum atomic E-state index is 13.2. The molecule has 0 saturated heterocycles. The quantitative estimate of drug-likeness (QED) is 0.757. The number of rotatable bonds is 7. The van der Waals surface area contributed by atoms with Crippen molar-refractivity contribution in [3.05, 3.63) is 30.1 Å². The molecule has 0 saturated carbocycles. The third-order valence-corrected chi connectivity index (χ3v) is 2.30. The van der Waals surface area contributed by atoms with E-state index >= 15 is 0 Å². The fourth-order valence-electron chi connectivity index (χ4n) is 1.31. The highest BCUT2D eigenvalue weighted by atomic mass is 19.1. The van der Waals surface area contributed by atoms with Gasteiger partial charge in [0.1, 0.15) is 0 Å². The number of carbonyl (C=O) groups excluding carboxylic acids is 2. The van der Waals surface area contributed by atoms with Crippen LogP contribution in [-0.4, -0.2) is 32.1 Å². The van der Waals surface area contributed by atoms with Gasteiger partial charge < -0.3 is 14.8 Å². The Balaban J connectivity index is 2.17. The van der Waals surface area contributed by atoms with Crippen LogP contribution in [0.3, 0.4) is 0 Å². The van der Waals surface area contributed by atoms with Gasteiger partial charge in [-0.1, -0.05) is 12.1 Å². The van der Waals surface area contributed by atoms with Crippen molar-refractivity contribution in [1.29, 1.82) is 0 Å². The number of para-hydroxylation sites is 1. The first kappa shape index (κ1) is 14.9. The maximum absolute atomic E-state index is 13.2. The number of hydrogen-bond acceptors (Lipinski definition) is 4. The topological polar surface area (TPSA) is 64.6 Å². The van der Waals surface area contributed by atoms with E-state index in [0.717, 1.165) is 0 Å². The van der Waals surface area contributed by atoms with Crippen LogP contribution in [0, 0.1) is 5.82 Å². The van der Waals surface area contributed by atoms with Gasteiger partial charge in [0.05, 0.1) is 26.6 Å². The molecule has 104 valence electrons. The highest BCUT2D eigenvalue weighted by molar-refractivity contribution is 5.77. The summed E-state index contributed by atoms with van der Waals surface area (Å²) in [5, 5.41) is 2.54. The van der Waals surface area contributed by atoms with Crippen LogP contribution in [0.4, 0.5) is 4.39 Å². The summed E-state index contributed by atoms with van der Waals surface area (Å²) in [5.74, 6) is -0.999. The van der Waals surface area contributed by atoms with Gasteiger partial charge in [0.25, 0.3) is 0 Å². The molecule has 0 aliphatic heterocycles. The molecule has 19 heavy (non-hydrogen) atoms. The Labute approximate surface area is 110 Å². The highest BCUT2D eigenvalue weighted by Gasteiger charge is 2.06. The summed E-state index contributed by atoms with van der Waals surface area (Å²) in [6, 6.07) is 5.98. The third kappa shape index (κ3) is 5.85. The van der Waals surface area contributed by atoms with Crippen LogP contribution < -0.4 is 10.1 Å². The predicted molar refractivity (Wildman–Crippen MR) is 66.2 cm³/mol. The SMILES string of the molecule is COC(=O)CCNC(=O)CCOc1ccccc1F. The molecule has 0 aliphatic rings. The molecule has 0 aliphatic carbocycles. The number of esters is 1. The van der Waals surface area contributed by atoms with E-state index < -0.39 is 5.82 Å². The van der Waals surface area contributed by atoms with Crippen molar-refractivity contribution < 1.29 is 23.5 Å². The summed E-state index contributed by atoms with van der Waals surface area (Å²) in [7, 11) is 1.28. The molecule has 6 heteroatoms. The lowest BCUT2D eigenvalue weighted by molar-refractivity contribution is -0.140. The van der Waals surface area contributed by atoms with Crippen molar-refractivity contribution in [3.8, 4) is 5.75 Å².